The van der Waals surface area contributed by atoms with Gasteiger partial charge in [-0.1, -0.05) is 33.6 Å². The Balaban J connectivity index is 1.68. The van der Waals surface area contributed by atoms with Gasteiger partial charge in [0.1, 0.15) is 18.2 Å². The Morgan fingerprint density at radius 3 is 2.77 bits per heavy atom. The summed E-state index contributed by atoms with van der Waals surface area (Å²) in [6.07, 6.45) is 3.39. The van der Waals surface area contributed by atoms with Crippen LogP contribution in [0.3, 0.4) is 0 Å². The predicted octanol–water partition coefficient (Wildman–Crippen LogP) is 5.47. The van der Waals surface area contributed by atoms with E-state index in [2.05, 4.69) is 26.2 Å². The summed E-state index contributed by atoms with van der Waals surface area (Å²) < 4.78 is 20.1. The number of amides is 1. The average molecular weight is 436 g/mol. The normalized spacial score (nSPS) is 10.4. The van der Waals surface area contributed by atoms with Crippen molar-refractivity contribution in [2.75, 3.05) is 5.32 Å². The third-order valence-corrected chi connectivity index (χ3v) is 4.27. The number of hydrogen-bond acceptors (Lipinski definition) is 3. The van der Waals surface area contributed by atoms with Gasteiger partial charge in [0.05, 0.1) is 10.6 Å². The molecule has 1 N–H and O–H groups in total. The molecule has 1 amide bonds. The van der Waals surface area contributed by atoms with Gasteiger partial charge in [-0.2, -0.15) is 0 Å². The van der Waals surface area contributed by atoms with Gasteiger partial charge in [0, 0.05) is 28.1 Å². The second-order valence-electron chi connectivity index (χ2n) is 5.37. The zero-order chi connectivity index (χ0) is 18.5. The van der Waals surface area contributed by atoms with Gasteiger partial charge in [0.15, 0.2) is 0 Å². The van der Waals surface area contributed by atoms with Crippen molar-refractivity contribution in [1.29, 1.82) is 0 Å². The second kappa shape index (κ2) is 8.29. The van der Waals surface area contributed by atoms with E-state index < -0.39 is 11.7 Å². The number of halogens is 3. The van der Waals surface area contributed by atoms with Gasteiger partial charge >= 0.3 is 0 Å². The molecule has 0 saturated heterocycles. The summed E-state index contributed by atoms with van der Waals surface area (Å²) in [7, 11) is 0. The summed E-state index contributed by atoms with van der Waals surface area (Å²) in [6, 6.07) is 12.8. The van der Waals surface area contributed by atoms with Crippen molar-refractivity contribution >= 4 is 39.1 Å². The minimum Gasteiger partial charge on any atom is -0.487 e. The Labute approximate surface area is 163 Å². The third kappa shape index (κ3) is 4.59. The first kappa shape index (κ1) is 18.4. The molecule has 0 saturated carbocycles. The molecule has 2 aromatic carbocycles. The van der Waals surface area contributed by atoms with Crippen molar-refractivity contribution in [3.8, 4) is 5.75 Å². The minimum absolute atomic E-state index is 0.0544. The fourth-order valence-corrected chi connectivity index (χ4v) is 2.78. The van der Waals surface area contributed by atoms with Crippen LogP contribution in [0, 0.1) is 5.82 Å². The molecule has 0 unspecified atom stereocenters. The van der Waals surface area contributed by atoms with Crippen molar-refractivity contribution in [3.05, 3.63) is 87.4 Å². The van der Waals surface area contributed by atoms with E-state index >= 15 is 0 Å². The highest BCUT2D eigenvalue weighted by Crippen LogP contribution is 2.29. The van der Waals surface area contributed by atoms with Crippen LogP contribution in [0.2, 0.25) is 5.02 Å². The number of nitrogens with zero attached hydrogens (tertiary/aromatic N) is 1. The van der Waals surface area contributed by atoms with Crippen LogP contribution in [0.25, 0.3) is 0 Å². The third-order valence-electron chi connectivity index (χ3n) is 3.48. The predicted molar refractivity (Wildman–Crippen MR) is 102 cm³/mol. The first-order chi connectivity index (χ1) is 12.5. The highest BCUT2D eigenvalue weighted by atomic mass is 79.9. The molecule has 0 fully saturated rings. The fourth-order valence-electron chi connectivity index (χ4n) is 2.21. The van der Waals surface area contributed by atoms with Gasteiger partial charge in [-0.05, 0) is 42.5 Å². The topological polar surface area (TPSA) is 51.2 Å². The SMILES string of the molecule is O=C(Nc1ccc(OCc2cccnc2)c(Cl)c1)c1ccc(Br)cc1F. The number of ether oxygens (including phenoxy) is 1. The summed E-state index contributed by atoms with van der Waals surface area (Å²) in [5.74, 6) is -0.696. The first-order valence-electron chi connectivity index (χ1n) is 7.60. The van der Waals surface area contributed by atoms with Crippen LogP contribution in [-0.2, 0) is 6.61 Å². The van der Waals surface area contributed by atoms with Gasteiger partial charge in [-0.3, -0.25) is 9.78 Å². The lowest BCUT2D eigenvalue weighted by molar-refractivity contribution is 0.102. The van der Waals surface area contributed by atoms with Crippen molar-refractivity contribution in [1.82, 2.24) is 4.98 Å². The number of aromatic nitrogens is 1. The van der Waals surface area contributed by atoms with Crippen molar-refractivity contribution in [3.63, 3.8) is 0 Å². The molecule has 1 heterocycles. The van der Waals surface area contributed by atoms with Crippen LogP contribution in [0.1, 0.15) is 15.9 Å². The van der Waals surface area contributed by atoms with Gasteiger partial charge in [-0.25, -0.2) is 4.39 Å². The highest BCUT2D eigenvalue weighted by Gasteiger charge is 2.13. The zero-order valence-corrected chi connectivity index (χ0v) is 15.7. The van der Waals surface area contributed by atoms with Crippen LogP contribution >= 0.6 is 27.5 Å². The summed E-state index contributed by atoms with van der Waals surface area (Å²) in [5.41, 5.74) is 1.30. The van der Waals surface area contributed by atoms with Crippen LogP contribution in [0.4, 0.5) is 10.1 Å². The van der Waals surface area contributed by atoms with Gasteiger partial charge < -0.3 is 10.1 Å². The molecular formula is C19H13BrClFN2O2. The Bertz CT molecular complexity index is 938. The molecule has 7 heteroatoms. The Morgan fingerprint density at radius 2 is 2.08 bits per heavy atom. The Kier molecular flexibility index (Phi) is 5.85. The molecular weight excluding hydrogens is 423 g/mol. The number of benzene rings is 2. The lowest BCUT2D eigenvalue weighted by atomic mass is 10.2. The number of carbonyl (C=O) groups is 1. The first-order valence-corrected chi connectivity index (χ1v) is 8.77. The molecule has 132 valence electrons. The zero-order valence-electron chi connectivity index (χ0n) is 13.4. The summed E-state index contributed by atoms with van der Waals surface area (Å²) in [4.78, 5) is 16.2. The number of nitrogens with one attached hydrogen (secondary N) is 1. The number of pyridine rings is 1. The van der Waals surface area contributed by atoms with Crippen LogP contribution in [0.5, 0.6) is 5.75 Å². The van der Waals surface area contributed by atoms with E-state index in [1.54, 1.807) is 36.7 Å². The molecule has 4 nitrogen and oxygen atoms in total. The Morgan fingerprint density at radius 1 is 1.23 bits per heavy atom. The van der Waals surface area contributed by atoms with Gasteiger partial charge in [0.25, 0.3) is 5.91 Å². The molecule has 3 aromatic rings. The van der Waals surface area contributed by atoms with E-state index in [-0.39, 0.29) is 5.56 Å². The van der Waals surface area contributed by atoms with Crippen LogP contribution < -0.4 is 10.1 Å². The molecule has 0 aliphatic carbocycles. The Hall–Kier alpha value is -2.44. The van der Waals surface area contributed by atoms with Gasteiger partial charge in [0.2, 0.25) is 0 Å². The molecule has 0 spiro atoms. The molecule has 1 aromatic heterocycles. The molecule has 26 heavy (non-hydrogen) atoms. The summed E-state index contributed by atoms with van der Waals surface area (Å²) >= 11 is 9.36. The van der Waals surface area contributed by atoms with E-state index in [4.69, 9.17) is 16.3 Å². The second-order valence-corrected chi connectivity index (χ2v) is 6.70. The number of hydrogen-bond donors (Lipinski definition) is 1. The summed E-state index contributed by atoms with van der Waals surface area (Å²) in [6.45, 7) is 0.323. The quantitative estimate of drug-likeness (QED) is 0.578. The fraction of sp³-hybridized carbons (Fsp3) is 0.0526. The molecule has 0 aliphatic rings. The van der Waals surface area contributed by atoms with Gasteiger partial charge in [-0.15, -0.1) is 0 Å². The van der Waals surface area contributed by atoms with Crippen molar-refractivity contribution in [2.24, 2.45) is 0 Å². The number of rotatable bonds is 5. The van der Waals surface area contributed by atoms with E-state index in [1.165, 1.54) is 12.1 Å². The monoisotopic (exact) mass is 434 g/mol. The number of anilines is 1. The summed E-state index contributed by atoms with van der Waals surface area (Å²) in [5, 5.41) is 2.95. The standard InChI is InChI=1S/C19H13BrClFN2O2/c20-13-3-5-15(17(22)8-13)19(25)24-14-4-6-18(16(21)9-14)26-11-12-2-1-7-23-10-12/h1-10H,11H2,(H,24,25). The number of carbonyl (C=O) groups excluding carboxylic acids is 1. The van der Waals surface area contributed by atoms with E-state index in [0.717, 1.165) is 5.56 Å². The average Bonchev–Trinajstić information content (AvgIpc) is 2.62. The lowest BCUT2D eigenvalue weighted by Crippen LogP contribution is -2.13. The van der Waals surface area contributed by atoms with E-state index in [9.17, 15) is 9.18 Å². The van der Waals surface area contributed by atoms with Crippen LogP contribution in [-0.4, -0.2) is 10.9 Å². The largest absolute Gasteiger partial charge is 0.487 e. The lowest BCUT2D eigenvalue weighted by Gasteiger charge is -2.11. The molecule has 0 aliphatic heterocycles. The minimum atomic E-state index is -0.612. The molecule has 0 atom stereocenters. The molecule has 0 bridgehead atoms. The maximum atomic E-state index is 13.9. The molecule has 0 radical (unpaired) electrons. The van der Waals surface area contributed by atoms with Crippen molar-refractivity contribution in [2.45, 2.75) is 6.61 Å². The smallest absolute Gasteiger partial charge is 0.258 e. The maximum Gasteiger partial charge on any atom is 0.258 e. The molecule has 3 rings (SSSR count). The van der Waals surface area contributed by atoms with Crippen molar-refractivity contribution < 1.29 is 13.9 Å². The maximum absolute atomic E-state index is 13.9. The van der Waals surface area contributed by atoms with E-state index in [1.807, 2.05) is 12.1 Å². The van der Waals surface area contributed by atoms with Crippen LogP contribution in [0.15, 0.2) is 65.4 Å². The highest BCUT2D eigenvalue weighted by molar-refractivity contribution is 9.10. The van der Waals surface area contributed by atoms with E-state index in [0.29, 0.717) is 27.5 Å².